The van der Waals surface area contributed by atoms with Crippen LogP contribution in [0.15, 0.2) is 36.5 Å². The van der Waals surface area contributed by atoms with Gasteiger partial charge in [0.15, 0.2) is 12.4 Å². The summed E-state index contributed by atoms with van der Waals surface area (Å²) < 4.78 is 12.4. The van der Waals surface area contributed by atoms with E-state index in [9.17, 15) is 9.59 Å². The van der Waals surface area contributed by atoms with Gasteiger partial charge in [0.25, 0.3) is 5.91 Å². The van der Waals surface area contributed by atoms with E-state index in [4.69, 9.17) is 9.47 Å². The SMILES string of the molecule is CCOC(=O)c1c(NC(=O)c2ccn(COc3ccccc3C)n2)sc(C)c1C. The van der Waals surface area contributed by atoms with E-state index in [2.05, 4.69) is 10.4 Å². The Bertz CT molecular complexity index is 1040. The average Bonchev–Trinajstić information content (AvgIpc) is 3.26. The monoisotopic (exact) mass is 413 g/mol. The number of benzene rings is 1. The number of carbonyl (C=O) groups excluding carboxylic acids is 2. The first-order valence-corrected chi connectivity index (χ1v) is 10.0. The Morgan fingerprint density at radius 3 is 2.66 bits per heavy atom. The lowest BCUT2D eigenvalue weighted by atomic mass is 10.1. The normalized spacial score (nSPS) is 10.6. The first-order chi connectivity index (χ1) is 13.9. The predicted octanol–water partition coefficient (Wildman–Crippen LogP) is 4.34. The molecule has 0 radical (unpaired) electrons. The van der Waals surface area contributed by atoms with Crippen LogP contribution in [0.1, 0.15) is 43.8 Å². The van der Waals surface area contributed by atoms with E-state index < -0.39 is 11.9 Å². The van der Waals surface area contributed by atoms with Crippen LogP contribution >= 0.6 is 11.3 Å². The van der Waals surface area contributed by atoms with E-state index >= 15 is 0 Å². The molecule has 3 aromatic rings. The molecule has 7 nitrogen and oxygen atoms in total. The minimum Gasteiger partial charge on any atom is -0.471 e. The fourth-order valence-electron chi connectivity index (χ4n) is 2.74. The largest absolute Gasteiger partial charge is 0.471 e. The highest BCUT2D eigenvalue weighted by atomic mass is 32.1. The molecule has 0 aliphatic carbocycles. The Morgan fingerprint density at radius 1 is 1.17 bits per heavy atom. The number of nitrogens with one attached hydrogen (secondary N) is 1. The topological polar surface area (TPSA) is 82.5 Å². The summed E-state index contributed by atoms with van der Waals surface area (Å²) in [4.78, 5) is 25.8. The van der Waals surface area contributed by atoms with Crippen molar-refractivity contribution >= 4 is 28.2 Å². The molecule has 2 heterocycles. The summed E-state index contributed by atoms with van der Waals surface area (Å²) in [5.74, 6) is -0.0779. The Labute approximate surface area is 173 Å². The highest BCUT2D eigenvalue weighted by Gasteiger charge is 2.23. The molecule has 0 aliphatic heterocycles. The molecular weight excluding hydrogens is 390 g/mol. The number of esters is 1. The second-order valence-corrected chi connectivity index (χ2v) is 7.67. The molecule has 29 heavy (non-hydrogen) atoms. The van der Waals surface area contributed by atoms with Gasteiger partial charge in [0.05, 0.1) is 12.2 Å². The van der Waals surface area contributed by atoms with Crippen LogP contribution in [0.5, 0.6) is 5.75 Å². The molecule has 0 atom stereocenters. The third kappa shape index (κ3) is 4.65. The van der Waals surface area contributed by atoms with Gasteiger partial charge in [0, 0.05) is 11.1 Å². The number of carbonyl (C=O) groups is 2. The molecule has 0 fully saturated rings. The number of ether oxygens (including phenoxy) is 2. The lowest BCUT2D eigenvalue weighted by Gasteiger charge is -2.08. The minimum absolute atomic E-state index is 0.184. The summed E-state index contributed by atoms with van der Waals surface area (Å²) in [7, 11) is 0. The van der Waals surface area contributed by atoms with Crippen LogP contribution < -0.4 is 10.1 Å². The van der Waals surface area contributed by atoms with Crippen molar-refractivity contribution in [3.05, 3.63) is 63.8 Å². The summed E-state index contributed by atoms with van der Waals surface area (Å²) in [5.41, 5.74) is 2.45. The molecule has 2 aromatic heterocycles. The number of aromatic nitrogens is 2. The molecular formula is C21H23N3O4S. The van der Waals surface area contributed by atoms with Crippen molar-refractivity contribution in [3.63, 3.8) is 0 Å². The maximum absolute atomic E-state index is 12.6. The van der Waals surface area contributed by atoms with Crippen molar-refractivity contribution in [2.24, 2.45) is 0 Å². The van der Waals surface area contributed by atoms with Crippen molar-refractivity contribution in [1.29, 1.82) is 0 Å². The van der Waals surface area contributed by atoms with Gasteiger partial charge in [-0.15, -0.1) is 11.3 Å². The van der Waals surface area contributed by atoms with Crippen LogP contribution in [0, 0.1) is 20.8 Å². The molecule has 0 saturated carbocycles. The molecule has 0 bridgehead atoms. The number of amides is 1. The van der Waals surface area contributed by atoms with Crippen LogP contribution in [0.25, 0.3) is 0 Å². The number of hydrogen-bond acceptors (Lipinski definition) is 6. The van der Waals surface area contributed by atoms with E-state index in [1.165, 1.54) is 11.3 Å². The number of nitrogens with zero attached hydrogens (tertiary/aromatic N) is 2. The molecule has 0 spiro atoms. The minimum atomic E-state index is -0.443. The lowest BCUT2D eigenvalue weighted by Crippen LogP contribution is -2.16. The lowest BCUT2D eigenvalue weighted by molar-refractivity contribution is 0.0527. The Morgan fingerprint density at radius 2 is 1.93 bits per heavy atom. The average molecular weight is 413 g/mol. The fourth-order valence-corrected chi connectivity index (χ4v) is 3.78. The third-order valence-electron chi connectivity index (χ3n) is 4.41. The zero-order chi connectivity index (χ0) is 21.0. The number of rotatable bonds is 7. The van der Waals surface area contributed by atoms with Crippen LogP contribution in [0.2, 0.25) is 0 Å². The van der Waals surface area contributed by atoms with Crippen LogP contribution in [0.3, 0.4) is 0 Å². The van der Waals surface area contributed by atoms with E-state index in [1.807, 2.05) is 45.0 Å². The molecule has 3 rings (SSSR count). The molecule has 1 aromatic carbocycles. The number of thiophene rings is 1. The second kappa shape index (κ2) is 8.91. The number of para-hydroxylation sites is 1. The van der Waals surface area contributed by atoms with Gasteiger partial charge in [0.1, 0.15) is 10.8 Å². The summed E-state index contributed by atoms with van der Waals surface area (Å²) in [6, 6.07) is 9.29. The zero-order valence-electron chi connectivity index (χ0n) is 16.8. The Hall–Kier alpha value is -3.13. The zero-order valence-corrected chi connectivity index (χ0v) is 17.6. The van der Waals surface area contributed by atoms with E-state index in [0.29, 0.717) is 10.6 Å². The Kier molecular flexibility index (Phi) is 6.33. The summed E-state index contributed by atoms with van der Waals surface area (Å²) in [6.45, 7) is 7.90. The van der Waals surface area contributed by atoms with Crippen molar-refractivity contribution in [2.75, 3.05) is 11.9 Å². The second-order valence-electron chi connectivity index (χ2n) is 6.44. The summed E-state index contributed by atoms with van der Waals surface area (Å²) >= 11 is 1.34. The van der Waals surface area contributed by atoms with Gasteiger partial charge in [-0.3, -0.25) is 4.79 Å². The fraction of sp³-hybridized carbons (Fsp3) is 0.286. The molecule has 8 heteroatoms. The molecule has 0 aliphatic rings. The van der Waals surface area contributed by atoms with E-state index in [1.54, 1.807) is 23.9 Å². The van der Waals surface area contributed by atoms with E-state index in [0.717, 1.165) is 21.8 Å². The van der Waals surface area contributed by atoms with Gasteiger partial charge in [0.2, 0.25) is 0 Å². The van der Waals surface area contributed by atoms with Gasteiger partial charge in [-0.1, -0.05) is 18.2 Å². The van der Waals surface area contributed by atoms with Gasteiger partial charge >= 0.3 is 5.97 Å². The van der Waals surface area contributed by atoms with Crippen LogP contribution in [0.4, 0.5) is 5.00 Å². The number of anilines is 1. The van der Waals surface area contributed by atoms with Crippen molar-refractivity contribution in [3.8, 4) is 5.75 Å². The quantitative estimate of drug-likeness (QED) is 0.583. The first-order valence-electron chi connectivity index (χ1n) is 9.21. The highest BCUT2D eigenvalue weighted by molar-refractivity contribution is 7.16. The van der Waals surface area contributed by atoms with E-state index in [-0.39, 0.29) is 19.0 Å². The first kappa shape index (κ1) is 20.6. The van der Waals surface area contributed by atoms with Crippen LogP contribution in [-0.2, 0) is 11.5 Å². The summed E-state index contributed by atoms with van der Waals surface area (Å²) in [6.07, 6.45) is 1.67. The smallest absolute Gasteiger partial charge is 0.341 e. The highest BCUT2D eigenvalue weighted by Crippen LogP contribution is 2.33. The standard InChI is InChI=1S/C21H23N3O4S/c1-5-27-21(26)18-14(3)15(4)29-20(18)22-19(25)16-10-11-24(23-16)12-28-17-9-7-6-8-13(17)2/h6-11H,5,12H2,1-4H3,(H,22,25). The van der Waals surface area contributed by atoms with Crippen LogP contribution in [-0.4, -0.2) is 28.3 Å². The molecule has 0 saturated heterocycles. The van der Waals surface area contributed by atoms with Crippen molar-refractivity contribution in [2.45, 2.75) is 34.4 Å². The van der Waals surface area contributed by atoms with Gasteiger partial charge < -0.3 is 14.8 Å². The van der Waals surface area contributed by atoms with Crippen molar-refractivity contribution < 1.29 is 19.1 Å². The summed E-state index contributed by atoms with van der Waals surface area (Å²) in [5, 5.41) is 7.51. The van der Waals surface area contributed by atoms with Gasteiger partial charge in [-0.25, -0.2) is 9.48 Å². The maximum atomic E-state index is 12.6. The number of aryl methyl sites for hydroxylation is 2. The maximum Gasteiger partial charge on any atom is 0.341 e. The third-order valence-corrected chi connectivity index (χ3v) is 5.53. The Balaban J connectivity index is 1.70. The van der Waals surface area contributed by atoms with Gasteiger partial charge in [-0.2, -0.15) is 5.10 Å². The van der Waals surface area contributed by atoms with Crippen molar-refractivity contribution in [1.82, 2.24) is 9.78 Å². The predicted molar refractivity (Wildman–Crippen MR) is 112 cm³/mol. The molecule has 1 N–H and O–H groups in total. The number of hydrogen-bond donors (Lipinski definition) is 1. The molecule has 152 valence electrons. The molecule has 1 amide bonds. The molecule has 0 unspecified atom stereocenters. The van der Waals surface area contributed by atoms with Gasteiger partial charge in [-0.05, 0) is 51.0 Å².